The zero-order valence-corrected chi connectivity index (χ0v) is 16.1. The third kappa shape index (κ3) is 2.74. The first-order valence-electron chi connectivity index (χ1n) is 9.14. The number of nitrogens with zero attached hydrogens (tertiary/aromatic N) is 3. The minimum Gasteiger partial charge on any atom is -0.493 e. The first-order valence-corrected chi connectivity index (χ1v) is 10.0. The summed E-state index contributed by atoms with van der Waals surface area (Å²) in [7, 11) is 1.91. The van der Waals surface area contributed by atoms with Gasteiger partial charge in [-0.3, -0.25) is 4.68 Å². The van der Waals surface area contributed by atoms with E-state index >= 15 is 0 Å². The first kappa shape index (κ1) is 17.2. The molecule has 0 fully saturated rings. The van der Waals surface area contributed by atoms with E-state index in [1.807, 2.05) is 43.7 Å². The van der Waals surface area contributed by atoms with Gasteiger partial charge in [0.15, 0.2) is 0 Å². The van der Waals surface area contributed by atoms with Gasteiger partial charge in [-0.2, -0.15) is 5.10 Å². The van der Waals surface area contributed by atoms with E-state index in [1.165, 1.54) is 5.56 Å². The van der Waals surface area contributed by atoms with Gasteiger partial charge in [-0.05, 0) is 24.3 Å². The molecule has 1 N–H and O–H groups in total. The summed E-state index contributed by atoms with van der Waals surface area (Å²) >= 11 is 1.68. The van der Waals surface area contributed by atoms with Crippen molar-refractivity contribution in [3.8, 4) is 5.75 Å². The van der Waals surface area contributed by atoms with Crippen molar-refractivity contribution in [2.45, 2.75) is 22.7 Å². The normalized spacial score (nSPS) is 20.4. The Morgan fingerprint density at radius 3 is 2.93 bits per heavy atom. The molecule has 0 saturated carbocycles. The number of anilines is 1. The number of carboxylic acids is 1. The van der Waals surface area contributed by atoms with Crippen LogP contribution in [0.25, 0.3) is 0 Å². The zero-order chi connectivity index (χ0) is 19.3. The molecule has 3 aromatic rings. The molecule has 0 spiro atoms. The lowest BCUT2D eigenvalue weighted by molar-refractivity contribution is 0.0696. The van der Waals surface area contributed by atoms with Crippen molar-refractivity contribution in [1.82, 2.24) is 9.78 Å². The second-order valence-electron chi connectivity index (χ2n) is 7.00. The topological polar surface area (TPSA) is 67.6 Å². The number of benzene rings is 2. The molecule has 28 heavy (non-hydrogen) atoms. The summed E-state index contributed by atoms with van der Waals surface area (Å²) in [4.78, 5) is 14.8. The Bertz CT molecular complexity index is 1060. The summed E-state index contributed by atoms with van der Waals surface area (Å²) in [5.41, 5.74) is 3.64. The van der Waals surface area contributed by atoms with Crippen molar-refractivity contribution in [2.24, 2.45) is 7.05 Å². The van der Waals surface area contributed by atoms with Crippen LogP contribution in [0, 0.1) is 0 Å². The monoisotopic (exact) mass is 393 g/mol. The number of carboxylic acid groups (broad SMARTS) is 1. The van der Waals surface area contributed by atoms with E-state index in [0.717, 1.165) is 28.3 Å². The SMILES string of the molecule is Cn1cc([C@@H]2Sc3cc(C(=O)O)ccc3N2C2CCOc3ccccc32)cn1. The number of hydrogen-bond acceptors (Lipinski definition) is 5. The van der Waals surface area contributed by atoms with E-state index in [0.29, 0.717) is 12.2 Å². The average molecular weight is 393 g/mol. The van der Waals surface area contributed by atoms with Crippen molar-refractivity contribution in [2.75, 3.05) is 11.5 Å². The number of fused-ring (bicyclic) bond motifs is 2. The molecule has 6 nitrogen and oxygen atoms in total. The van der Waals surface area contributed by atoms with Gasteiger partial charge in [0.25, 0.3) is 0 Å². The molecule has 0 saturated heterocycles. The predicted octanol–water partition coefficient (Wildman–Crippen LogP) is 4.25. The van der Waals surface area contributed by atoms with E-state index < -0.39 is 5.97 Å². The van der Waals surface area contributed by atoms with E-state index in [9.17, 15) is 9.90 Å². The minimum atomic E-state index is -0.906. The lowest BCUT2D eigenvalue weighted by Gasteiger charge is -2.38. The van der Waals surface area contributed by atoms with Crippen LogP contribution in [0.2, 0.25) is 0 Å². The maximum atomic E-state index is 11.4. The maximum absolute atomic E-state index is 11.4. The van der Waals surface area contributed by atoms with Crippen LogP contribution >= 0.6 is 11.8 Å². The first-order chi connectivity index (χ1) is 13.6. The van der Waals surface area contributed by atoms with Gasteiger partial charge in [0.05, 0.1) is 30.1 Å². The Morgan fingerprint density at radius 1 is 1.29 bits per heavy atom. The van der Waals surface area contributed by atoms with Crippen LogP contribution in [0.4, 0.5) is 5.69 Å². The maximum Gasteiger partial charge on any atom is 0.335 e. The molecule has 2 aromatic carbocycles. The summed E-state index contributed by atoms with van der Waals surface area (Å²) in [5, 5.41) is 13.8. The van der Waals surface area contributed by atoms with Crippen LogP contribution in [0.1, 0.15) is 39.3 Å². The number of aromatic nitrogens is 2. The molecule has 1 unspecified atom stereocenters. The number of hydrogen-bond donors (Lipinski definition) is 1. The summed E-state index contributed by atoms with van der Waals surface area (Å²) in [5.74, 6) is 0.0143. The Kier molecular flexibility index (Phi) is 4.05. The van der Waals surface area contributed by atoms with Crippen LogP contribution in [0.5, 0.6) is 5.75 Å². The Balaban J connectivity index is 1.64. The van der Waals surface area contributed by atoms with Gasteiger partial charge < -0.3 is 14.7 Å². The molecule has 0 radical (unpaired) electrons. The van der Waals surface area contributed by atoms with Crippen LogP contribution < -0.4 is 9.64 Å². The lowest BCUT2D eigenvalue weighted by Crippen LogP contribution is -2.32. The average Bonchev–Trinajstić information content (AvgIpc) is 3.30. The molecule has 142 valence electrons. The molecular formula is C21H19N3O3S. The molecule has 3 heterocycles. The van der Waals surface area contributed by atoms with Gasteiger partial charge in [0.2, 0.25) is 0 Å². The number of rotatable bonds is 3. The standard InChI is InChI=1S/C21H19N3O3S/c1-23-12-14(11-22-23)20-24(16-8-9-27-18-5-3-2-4-15(16)18)17-7-6-13(21(25)26)10-19(17)28-20/h2-7,10-12,16,20H,8-9H2,1H3,(H,25,26)/t16?,20-/m0/s1. The fourth-order valence-corrected chi connectivity index (χ4v) is 5.36. The number of ether oxygens (including phenoxy) is 1. The van der Waals surface area contributed by atoms with Gasteiger partial charge in [-0.1, -0.05) is 30.0 Å². The largest absolute Gasteiger partial charge is 0.493 e. The Hall–Kier alpha value is -2.93. The highest BCUT2D eigenvalue weighted by Gasteiger charge is 2.39. The van der Waals surface area contributed by atoms with E-state index in [-0.39, 0.29) is 11.4 Å². The highest BCUT2D eigenvalue weighted by molar-refractivity contribution is 8.00. The van der Waals surface area contributed by atoms with Crippen molar-refractivity contribution in [3.63, 3.8) is 0 Å². The third-order valence-electron chi connectivity index (χ3n) is 5.25. The highest BCUT2D eigenvalue weighted by atomic mass is 32.2. The van der Waals surface area contributed by atoms with Crippen molar-refractivity contribution in [3.05, 3.63) is 71.5 Å². The van der Waals surface area contributed by atoms with Gasteiger partial charge in [0.1, 0.15) is 11.1 Å². The van der Waals surface area contributed by atoms with E-state index in [4.69, 9.17) is 4.74 Å². The number of aromatic carboxylic acids is 1. The van der Waals surface area contributed by atoms with Gasteiger partial charge in [0, 0.05) is 35.7 Å². The molecule has 2 atom stereocenters. The third-order valence-corrected chi connectivity index (χ3v) is 6.55. The fourth-order valence-electron chi connectivity index (χ4n) is 4.00. The number of carbonyl (C=O) groups is 1. The van der Waals surface area contributed by atoms with E-state index in [2.05, 4.69) is 16.1 Å². The molecule has 0 aliphatic carbocycles. The zero-order valence-electron chi connectivity index (χ0n) is 15.3. The van der Waals surface area contributed by atoms with Gasteiger partial charge >= 0.3 is 5.97 Å². The molecule has 0 amide bonds. The minimum absolute atomic E-state index is 0.0314. The Labute approximate surface area is 166 Å². The second kappa shape index (κ2) is 6.60. The molecular weight excluding hydrogens is 374 g/mol. The molecule has 0 bridgehead atoms. The van der Waals surface area contributed by atoms with E-state index in [1.54, 1.807) is 28.6 Å². The van der Waals surface area contributed by atoms with Crippen LogP contribution in [-0.2, 0) is 7.05 Å². The van der Waals surface area contributed by atoms with Crippen molar-refractivity contribution in [1.29, 1.82) is 0 Å². The predicted molar refractivity (Wildman–Crippen MR) is 107 cm³/mol. The summed E-state index contributed by atoms with van der Waals surface area (Å²) < 4.78 is 7.67. The molecule has 2 aliphatic heterocycles. The van der Waals surface area contributed by atoms with Gasteiger partial charge in [-0.15, -0.1) is 0 Å². The molecule has 1 aromatic heterocycles. The summed E-state index contributed by atoms with van der Waals surface area (Å²) in [6.07, 6.45) is 4.79. The summed E-state index contributed by atoms with van der Waals surface area (Å²) in [6, 6.07) is 13.7. The van der Waals surface area contributed by atoms with Gasteiger partial charge in [-0.25, -0.2) is 4.79 Å². The second-order valence-corrected chi connectivity index (χ2v) is 8.13. The number of thioether (sulfide) groups is 1. The smallest absolute Gasteiger partial charge is 0.335 e. The summed E-state index contributed by atoms with van der Waals surface area (Å²) in [6.45, 7) is 0.658. The Morgan fingerprint density at radius 2 is 2.14 bits per heavy atom. The van der Waals surface area contributed by atoms with Crippen molar-refractivity contribution >= 4 is 23.4 Å². The quantitative estimate of drug-likeness (QED) is 0.717. The number of aryl methyl sites for hydroxylation is 1. The lowest BCUT2D eigenvalue weighted by atomic mass is 9.97. The van der Waals surface area contributed by atoms with Crippen LogP contribution in [0.3, 0.4) is 0 Å². The van der Waals surface area contributed by atoms with Crippen LogP contribution in [0.15, 0.2) is 59.8 Å². The van der Waals surface area contributed by atoms with Crippen molar-refractivity contribution < 1.29 is 14.6 Å². The molecule has 5 rings (SSSR count). The molecule has 7 heteroatoms. The molecule has 2 aliphatic rings. The van der Waals surface area contributed by atoms with Crippen LogP contribution in [-0.4, -0.2) is 27.5 Å². The number of para-hydroxylation sites is 1. The fraction of sp³-hybridized carbons (Fsp3) is 0.238. The highest BCUT2D eigenvalue weighted by Crippen LogP contribution is 2.56.